The van der Waals surface area contributed by atoms with Gasteiger partial charge in [-0.2, -0.15) is 11.8 Å². The molecule has 27 heavy (non-hydrogen) atoms. The number of nitrogens with one attached hydrogen (secondary N) is 1. The lowest BCUT2D eigenvalue weighted by atomic mass is 10.1. The largest absolute Gasteiger partial charge is 0.497 e. The summed E-state index contributed by atoms with van der Waals surface area (Å²) in [6.07, 6.45) is 0.741. The molecule has 140 valence electrons. The Labute approximate surface area is 161 Å². The van der Waals surface area contributed by atoms with E-state index in [2.05, 4.69) is 4.98 Å². The van der Waals surface area contributed by atoms with Gasteiger partial charge in [0.1, 0.15) is 17.3 Å². The van der Waals surface area contributed by atoms with E-state index in [0.29, 0.717) is 18.8 Å². The summed E-state index contributed by atoms with van der Waals surface area (Å²) in [4.78, 5) is 18.0. The van der Waals surface area contributed by atoms with Crippen molar-refractivity contribution in [2.24, 2.45) is 0 Å². The molecule has 4 rings (SSSR count). The van der Waals surface area contributed by atoms with Gasteiger partial charge in [-0.05, 0) is 30.7 Å². The van der Waals surface area contributed by atoms with Crippen molar-refractivity contribution in [2.45, 2.75) is 11.7 Å². The van der Waals surface area contributed by atoms with E-state index in [4.69, 9.17) is 4.74 Å². The summed E-state index contributed by atoms with van der Waals surface area (Å²) < 4.78 is 19.3. The zero-order valence-corrected chi connectivity index (χ0v) is 15.9. The summed E-state index contributed by atoms with van der Waals surface area (Å²) >= 11 is 1.72. The zero-order valence-electron chi connectivity index (χ0n) is 15.1. The van der Waals surface area contributed by atoms with Crippen LogP contribution in [0.25, 0.3) is 10.9 Å². The number of hydrogen-bond donors (Lipinski definition) is 1. The van der Waals surface area contributed by atoms with Crippen molar-refractivity contribution >= 4 is 28.6 Å². The number of methoxy groups -OCH3 is 1. The maximum atomic E-state index is 14.1. The highest BCUT2D eigenvalue weighted by Crippen LogP contribution is 2.36. The van der Waals surface area contributed by atoms with Crippen molar-refractivity contribution in [3.05, 3.63) is 65.6 Å². The first-order valence-electron chi connectivity index (χ1n) is 8.98. The van der Waals surface area contributed by atoms with E-state index in [1.807, 2.05) is 41.3 Å². The van der Waals surface area contributed by atoms with Crippen LogP contribution in [0, 0.1) is 5.82 Å². The van der Waals surface area contributed by atoms with E-state index in [1.165, 1.54) is 6.07 Å². The van der Waals surface area contributed by atoms with E-state index in [0.717, 1.165) is 34.4 Å². The second-order valence-corrected chi connectivity index (χ2v) is 7.91. The minimum Gasteiger partial charge on any atom is -0.497 e. The van der Waals surface area contributed by atoms with Gasteiger partial charge in [0.2, 0.25) is 0 Å². The molecule has 3 aromatic rings. The molecular formula is C21H21FN2O2S. The fourth-order valence-electron chi connectivity index (χ4n) is 3.48. The summed E-state index contributed by atoms with van der Waals surface area (Å²) in [7, 11) is 1.62. The van der Waals surface area contributed by atoms with Gasteiger partial charge < -0.3 is 14.6 Å². The molecule has 1 atom stereocenters. The lowest BCUT2D eigenvalue weighted by molar-refractivity contribution is 0.0761. The highest BCUT2D eigenvalue weighted by Gasteiger charge is 2.25. The molecular weight excluding hydrogens is 363 g/mol. The quantitative estimate of drug-likeness (QED) is 0.716. The van der Waals surface area contributed by atoms with Crippen LogP contribution in [0.1, 0.15) is 27.7 Å². The molecule has 0 spiro atoms. The van der Waals surface area contributed by atoms with Crippen molar-refractivity contribution in [3.8, 4) is 5.75 Å². The summed E-state index contributed by atoms with van der Waals surface area (Å²) in [5, 5.41) is 1.06. The molecule has 4 nitrogen and oxygen atoms in total. The maximum Gasteiger partial charge on any atom is 0.270 e. The number of nitrogens with zero attached hydrogens (tertiary/aromatic N) is 1. The standard InChI is InChI=1S/C21H21FN2O2S/c1-26-15-7-6-14-12-19(23-18(14)13-15)21(25)24-9-8-20(27-11-10-24)16-4-2-3-5-17(16)22/h2-7,12-13,20,23H,8-11H2,1H3/t20-/m1/s1. The van der Waals surface area contributed by atoms with Crippen molar-refractivity contribution in [3.63, 3.8) is 0 Å². The van der Waals surface area contributed by atoms with Gasteiger partial charge in [0.05, 0.1) is 7.11 Å². The van der Waals surface area contributed by atoms with E-state index in [-0.39, 0.29) is 17.0 Å². The van der Waals surface area contributed by atoms with Crippen LogP contribution in [-0.2, 0) is 0 Å². The monoisotopic (exact) mass is 384 g/mol. The highest BCUT2D eigenvalue weighted by atomic mass is 32.2. The normalized spacial score (nSPS) is 17.7. The van der Waals surface area contributed by atoms with E-state index >= 15 is 0 Å². The minimum atomic E-state index is -0.167. The van der Waals surface area contributed by atoms with Gasteiger partial charge in [-0.25, -0.2) is 4.39 Å². The number of hydrogen-bond acceptors (Lipinski definition) is 3. The molecule has 1 aliphatic heterocycles. The molecule has 0 unspecified atom stereocenters. The van der Waals surface area contributed by atoms with Crippen LogP contribution in [0.3, 0.4) is 0 Å². The molecule has 6 heteroatoms. The Morgan fingerprint density at radius 2 is 2.07 bits per heavy atom. The first kappa shape index (κ1) is 17.9. The Kier molecular flexibility index (Phi) is 5.07. The number of ether oxygens (including phenoxy) is 1. The number of thioether (sulfide) groups is 1. The fourth-order valence-corrected chi connectivity index (χ4v) is 4.73. The molecule has 0 saturated carbocycles. The van der Waals surface area contributed by atoms with Crippen LogP contribution in [0.5, 0.6) is 5.75 Å². The minimum absolute atomic E-state index is 0.0139. The summed E-state index contributed by atoms with van der Waals surface area (Å²) in [6, 6.07) is 14.5. The SMILES string of the molecule is COc1ccc2cc(C(=O)N3CCS[C@@H](c4ccccc4F)CC3)[nH]c2c1. The predicted molar refractivity (Wildman–Crippen MR) is 107 cm³/mol. The van der Waals surface area contributed by atoms with Gasteiger partial charge in [-0.15, -0.1) is 0 Å². The Morgan fingerprint density at radius 1 is 1.22 bits per heavy atom. The van der Waals surface area contributed by atoms with Crippen LogP contribution >= 0.6 is 11.8 Å². The molecule has 1 N–H and O–H groups in total. The van der Waals surface area contributed by atoms with Crippen molar-refractivity contribution in [2.75, 3.05) is 26.0 Å². The van der Waals surface area contributed by atoms with Crippen LogP contribution in [0.2, 0.25) is 0 Å². The number of carbonyl (C=O) groups excluding carboxylic acids is 1. The van der Waals surface area contributed by atoms with Gasteiger partial charge in [-0.1, -0.05) is 18.2 Å². The molecule has 1 saturated heterocycles. The third kappa shape index (κ3) is 3.67. The van der Waals surface area contributed by atoms with Gasteiger partial charge in [0.15, 0.2) is 0 Å². The topological polar surface area (TPSA) is 45.3 Å². The average molecular weight is 384 g/mol. The number of aromatic amines is 1. The molecule has 0 bridgehead atoms. The second-order valence-electron chi connectivity index (χ2n) is 6.60. The third-order valence-electron chi connectivity index (χ3n) is 4.94. The molecule has 2 aromatic carbocycles. The number of benzene rings is 2. The molecule has 1 amide bonds. The summed E-state index contributed by atoms with van der Waals surface area (Å²) in [6.45, 7) is 1.27. The maximum absolute atomic E-state index is 14.1. The highest BCUT2D eigenvalue weighted by molar-refractivity contribution is 7.99. The van der Waals surface area contributed by atoms with Crippen molar-refractivity contribution < 1.29 is 13.9 Å². The molecule has 1 aromatic heterocycles. The van der Waals surface area contributed by atoms with Crippen molar-refractivity contribution in [1.29, 1.82) is 0 Å². The Bertz CT molecular complexity index is 972. The second kappa shape index (κ2) is 7.64. The first-order chi connectivity index (χ1) is 13.2. The molecule has 1 aliphatic rings. The van der Waals surface area contributed by atoms with E-state index < -0.39 is 0 Å². The lowest BCUT2D eigenvalue weighted by Crippen LogP contribution is -2.33. The predicted octanol–water partition coefficient (Wildman–Crippen LogP) is 4.64. The molecule has 0 aliphatic carbocycles. The lowest BCUT2D eigenvalue weighted by Gasteiger charge is -2.19. The number of H-pyrrole nitrogens is 1. The Hall–Kier alpha value is -2.47. The van der Waals surface area contributed by atoms with Gasteiger partial charge in [0, 0.05) is 46.6 Å². The van der Waals surface area contributed by atoms with Gasteiger partial charge in [0.25, 0.3) is 5.91 Å². The smallest absolute Gasteiger partial charge is 0.270 e. The average Bonchev–Trinajstić information content (AvgIpc) is 2.96. The van der Waals surface area contributed by atoms with Crippen LogP contribution < -0.4 is 4.74 Å². The number of carbonyl (C=O) groups is 1. The zero-order chi connectivity index (χ0) is 18.8. The van der Waals surface area contributed by atoms with Crippen LogP contribution in [0.4, 0.5) is 4.39 Å². The molecule has 2 heterocycles. The fraction of sp³-hybridized carbons (Fsp3) is 0.286. The Morgan fingerprint density at radius 3 is 2.89 bits per heavy atom. The van der Waals surface area contributed by atoms with Crippen LogP contribution in [-0.4, -0.2) is 41.7 Å². The number of aromatic nitrogens is 1. The third-order valence-corrected chi connectivity index (χ3v) is 6.25. The summed E-state index contributed by atoms with van der Waals surface area (Å²) in [5.41, 5.74) is 2.19. The Balaban J connectivity index is 1.50. The number of amides is 1. The van der Waals surface area contributed by atoms with E-state index in [9.17, 15) is 9.18 Å². The number of rotatable bonds is 3. The molecule has 0 radical (unpaired) electrons. The van der Waals surface area contributed by atoms with Gasteiger partial charge >= 0.3 is 0 Å². The number of fused-ring (bicyclic) bond motifs is 1. The summed E-state index contributed by atoms with van der Waals surface area (Å²) in [5.74, 6) is 1.36. The van der Waals surface area contributed by atoms with Gasteiger partial charge in [-0.3, -0.25) is 4.79 Å². The van der Waals surface area contributed by atoms with Crippen LogP contribution in [0.15, 0.2) is 48.5 Å². The number of halogens is 1. The van der Waals surface area contributed by atoms with Crippen molar-refractivity contribution in [1.82, 2.24) is 9.88 Å². The first-order valence-corrected chi connectivity index (χ1v) is 10.0. The molecule has 1 fully saturated rings. The van der Waals surface area contributed by atoms with E-state index in [1.54, 1.807) is 24.9 Å².